The van der Waals surface area contributed by atoms with Gasteiger partial charge in [0.05, 0.1) is 20.4 Å². The molecule has 2 rings (SSSR count). The van der Waals surface area contributed by atoms with E-state index in [1.165, 1.54) is 24.2 Å². The molecule has 0 radical (unpaired) electrons. The smallest absolute Gasteiger partial charge is 0.244 e. The lowest BCUT2D eigenvalue weighted by Crippen LogP contribution is -2.27. The fourth-order valence-corrected chi connectivity index (χ4v) is 3.29. The van der Waals surface area contributed by atoms with Crippen molar-refractivity contribution in [3.63, 3.8) is 0 Å². The first-order valence-corrected chi connectivity index (χ1v) is 8.08. The highest BCUT2D eigenvalue weighted by molar-refractivity contribution is 7.89. The van der Waals surface area contributed by atoms with Gasteiger partial charge in [-0.3, -0.25) is 4.68 Å². The molecular weight excluding hydrogens is 306 g/mol. The Morgan fingerprint density at radius 2 is 2.00 bits per heavy atom. The topological polar surface area (TPSA) is 82.4 Å². The summed E-state index contributed by atoms with van der Waals surface area (Å²) in [6, 6.07) is 4.75. The molecule has 2 aromatic rings. The quantitative estimate of drug-likeness (QED) is 0.870. The van der Waals surface area contributed by atoms with Crippen LogP contribution in [-0.2, 0) is 17.1 Å². The third kappa shape index (κ3) is 3.40. The average molecular weight is 325 g/mol. The molecule has 22 heavy (non-hydrogen) atoms. The van der Waals surface area contributed by atoms with Crippen LogP contribution in [0.2, 0.25) is 0 Å². The molecule has 0 saturated carbocycles. The maximum absolute atomic E-state index is 12.3. The van der Waals surface area contributed by atoms with E-state index in [-0.39, 0.29) is 4.90 Å². The molecule has 1 aromatic heterocycles. The second-order valence-electron chi connectivity index (χ2n) is 4.80. The average Bonchev–Trinajstić information content (AvgIpc) is 2.93. The summed E-state index contributed by atoms with van der Waals surface area (Å²) in [5.41, 5.74) is 0.689. The second kappa shape index (κ2) is 6.37. The van der Waals surface area contributed by atoms with Crippen molar-refractivity contribution < 1.29 is 17.9 Å². The van der Waals surface area contributed by atoms with Crippen LogP contribution < -0.4 is 14.2 Å². The number of hydrogen-bond acceptors (Lipinski definition) is 5. The van der Waals surface area contributed by atoms with Crippen LogP contribution in [0.4, 0.5) is 0 Å². The molecular formula is C14H19N3O4S. The van der Waals surface area contributed by atoms with Crippen molar-refractivity contribution in [1.29, 1.82) is 0 Å². The normalized spacial score (nSPS) is 12.9. The van der Waals surface area contributed by atoms with Gasteiger partial charge in [0.1, 0.15) is 16.4 Å². The van der Waals surface area contributed by atoms with E-state index >= 15 is 0 Å². The first-order valence-electron chi connectivity index (χ1n) is 6.60. The minimum Gasteiger partial charge on any atom is -0.497 e. The van der Waals surface area contributed by atoms with Crippen LogP contribution in [0.5, 0.6) is 11.5 Å². The molecule has 0 bridgehead atoms. The molecule has 7 nitrogen and oxygen atoms in total. The number of aromatic nitrogens is 2. The Hall–Kier alpha value is -2.06. The van der Waals surface area contributed by atoms with Gasteiger partial charge in [-0.15, -0.1) is 0 Å². The van der Waals surface area contributed by atoms with Crippen LogP contribution in [0.3, 0.4) is 0 Å². The zero-order valence-corrected chi connectivity index (χ0v) is 13.7. The molecule has 1 heterocycles. The van der Waals surface area contributed by atoms with E-state index in [9.17, 15) is 8.42 Å². The lowest BCUT2D eigenvalue weighted by atomic mass is 10.1. The molecule has 0 aliphatic rings. The van der Waals surface area contributed by atoms with Gasteiger partial charge < -0.3 is 9.47 Å². The van der Waals surface area contributed by atoms with E-state index in [4.69, 9.17) is 9.47 Å². The van der Waals surface area contributed by atoms with Crippen molar-refractivity contribution in [2.75, 3.05) is 14.2 Å². The van der Waals surface area contributed by atoms with Crippen molar-refractivity contribution in [3.8, 4) is 11.5 Å². The Balaban J connectivity index is 2.30. The summed E-state index contributed by atoms with van der Waals surface area (Å²) in [7, 11) is 1.09. The minimum absolute atomic E-state index is 0.115. The second-order valence-corrected chi connectivity index (χ2v) is 6.51. The highest BCUT2D eigenvalue weighted by Crippen LogP contribution is 2.30. The van der Waals surface area contributed by atoms with Gasteiger partial charge in [0.2, 0.25) is 10.0 Å². The Labute approximate surface area is 129 Å². The number of benzene rings is 1. The summed E-state index contributed by atoms with van der Waals surface area (Å²) in [6.07, 6.45) is 2.75. The van der Waals surface area contributed by atoms with E-state index in [1.807, 2.05) is 0 Å². The van der Waals surface area contributed by atoms with Gasteiger partial charge in [0.15, 0.2) is 0 Å². The molecule has 0 fully saturated rings. The number of hydrogen-bond donors (Lipinski definition) is 1. The third-order valence-electron chi connectivity index (χ3n) is 3.23. The highest BCUT2D eigenvalue weighted by atomic mass is 32.2. The third-order valence-corrected chi connectivity index (χ3v) is 4.72. The van der Waals surface area contributed by atoms with Gasteiger partial charge >= 0.3 is 0 Å². The molecule has 120 valence electrons. The van der Waals surface area contributed by atoms with Gasteiger partial charge in [-0.1, -0.05) is 0 Å². The van der Waals surface area contributed by atoms with E-state index in [0.29, 0.717) is 17.1 Å². The fourth-order valence-electron chi connectivity index (χ4n) is 2.08. The van der Waals surface area contributed by atoms with Crippen LogP contribution in [0.15, 0.2) is 35.5 Å². The predicted molar refractivity (Wildman–Crippen MR) is 81.5 cm³/mol. The molecule has 8 heteroatoms. The summed E-state index contributed by atoms with van der Waals surface area (Å²) in [5, 5.41) is 3.88. The monoisotopic (exact) mass is 325 g/mol. The summed E-state index contributed by atoms with van der Waals surface area (Å²) < 4.78 is 39.2. The van der Waals surface area contributed by atoms with Crippen LogP contribution in [0, 0.1) is 0 Å². The summed E-state index contributed by atoms with van der Waals surface area (Å²) in [4.78, 5) is 0.115. The predicted octanol–water partition coefficient (Wildman–Crippen LogP) is 1.48. The van der Waals surface area contributed by atoms with Crippen molar-refractivity contribution in [2.45, 2.75) is 17.9 Å². The first-order chi connectivity index (χ1) is 10.4. The highest BCUT2D eigenvalue weighted by Gasteiger charge is 2.22. The van der Waals surface area contributed by atoms with Crippen molar-refractivity contribution in [1.82, 2.24) is 14.5 Å². The molecule has 1 aromatic carbocycles. The number of methoxy groups -OCH3 is 2. The van der Waals surface area contributed by atoms with E-state index < -0.39 is 16.1 Å². The van der Waals surface area contributed by atoms with E-state index in [2.05, 4.69) is 9.82 Å². The van der Waals surface area contributed by atoms with Gasteiger partial charge in [-0.05, 0) is 25.1 Å². The van der Waals surface area contributed by atoms with Gasteiger partial charge in [0, 0.05) is 24.8 Å². The van der Waals surface area contributed by atoms with Crippen molar-refractivity contribution in [2.24, 2.45) is 7.05 Å². The zero-order chi connectivity index (χ0) is 16.3. The Bertz CT molecular complexity index is 755. The van der Waals surface area contributed by atoms with Gasteiger partial charge in [-0.25, -0.2) is 13.1 Å². The maximum atomic E-state index is 12.3. The molecule has 1 atom stereocenters. The SMILES string of the molecule is COc1ccc(OC)c([C@@H](C)NS(=O)(=O)c2cnn(C)c2)c1. The van der Waals surface area contributed by atoms with Gasteiger partial charge in [0.25, 0.3) is 0 Å². The fraction of sp³-hybridized carbons (Fsp3) is 0.357. The standard InChI is InChI=1S/C14H19N3O4S/c1-10(13-7-11(20-3)5-6-14(13)21-4)16-22(18,19)12-8-15-17(2)9-12/h5-10,16H,1-4H3/t10-/m1/s1. The minimum atomic E-state index is -3.66. The number of rotatable bonds is 6. The number of nitrogens with zero attached hydrogens (tertiary/aromatic N) is 2. The van der Waals surface area contributed by atoms with Crippen molar-refractivity contribution in [3.05, 3.63) is 36.2 Å². The summed E-state index contributed by atoms with van der Waals surface area (Å²) in [5.74, 6) is 1.21. The largest absolute Gasteiger partial charge is 0.497 e. The molecule has 0 amide bonds. The van der Waals surface area contributed by atoms with Crippen LogP contribution in [0.1, 0.15) is 18.5 Å². The van der Waals surface area contributed by atoms with Crippen LogP contribution in [-0.4, -0.2) is 32.4 Å². The number of nitrogens with one attached hydrogen (secondary N) is 1. The molecule has 0 unspecified atom stereocenters. The molecule has 1 N–H and O–H groups in total. The molecule has 0 spiro atoms. The lowest BCUT2D eigenvalue weighted by molar-refractivity contribution is 0.395. The Morgan fingerprint density at radius 1 is 1.27 bits per heavy atom. The van der Waals surface area contributed by atoms with Crippen LogP contribution >= 0.6 is 0 Å². The van der Waals surface area contributed by atoms with Crippen molar-refractivity contribution >= 4 is 10.0 Å². The Kier molecular flexibility index (Phi) is 4.72. The van der Waals surface area contributed by atoms with E-state index in [1.54, 1.807) is 39.3 Å². The number of ether oxygens (including phenoxy) is 2. The lowest BCUT2D eigenvalue weighted by Gasteiger charge is -2.17. The molecule has 0 aliphatic heterocycles. The summed E-state index contributed by atoms with van der Waals surface area (Å²) >= 11 is 0. The zero-order valence-electron chi connectivity index (χ0n) is 12.9. The number of aryl methyl sites for hydroxylation is 1. The molecule has 0 saturated heterocycles. The maximum Gasteiger partial charge on any atom is 0.244 e. The molecule has 0 aliphatic carbocycles. The van der Waals surface area contributed by atoms with E-state index in [0.717, 1.165) is 0 Å². The van der Waals surface area contributed by atoms with Crippen LogP contribution in [0.25, 0.3) is 0 Å². The Morgan fingerprint density at radius 3 is 2.55 bits per heavy atom. The number of sulfonamides is 1. The van der Waals surface area contributed by atoms with Gasteiger partial charge in [-0.2, -0.15) is 5.10 Å². The first kappa shape index (κ1) is 16.3. The summed E-state index contributed by atoms with van der Waals surface area (Å²) in [6.45, 7) is 1.74.